The number of aromatic nitrogens is 4. The minimum atomic E-state index is -1.65. The predicted octanol–water partition coefficient (Wildman–Crippen LogP) is 13.6. The normalized spacial score (nSPS) is 18.2. The highest BCUT2D eigenvalue weighted by Gasteiger charge is 2.39. The van der Waals surface area contributed by atoms with Gasteiger partial charge in [-0.1, -0.05) is 121 Å². The standard InChI is InChI=1S/3C21H22Cl2N4O4.C12H15Cl2N.C9H9N3O5/c3*1-11-3-4-17(12-5-13(22)7-14(23)6-12)27(10-11)21(30)19(29)26-15-8-16(18(24)28)20(31-2)25-9-15;1-8-2-3-12(15-7-8)9-4-10(13)6-11(14)5-9;1-17-8-5(6(10)13)2-4(3-11-8)12-7(14)9(15)16/h3*5-9,11,17H,3-4,10H2,1-2H3,(H2,24,28)(H,26,29);4-6,8,12,15H,2-3,7H2,1H3;2-3H,1H3,(H2,10,13)(H,12,14)(H,15,16)/t3*11-,17+;8-,12+;/m1101./s1. The molecule has 11 amide bonds. The molecular weight excluding hydrogens is 1790 g/mol. The summed E-state index contributed by atoms with van der Waals surface area (Å²) >= 11 is 48.8. The number of anilines is 4. The molecule has 125 heavy (non-hydrogen) atoms. The number of amides is 11. The first kappa shape index (κ1) is 99.0. The third kappa shape index (κ3) is 28.0. The fourth-order valence-corrected chi connectivity index (χ4v) is 16.3. The number of rotatable bonds is 16. The van der Waals surface area contributed by atoms with Gasteiger partial charge in [-0.25, -0.2) is 24.7 Å². The number of carbonyl (C=O) groups excluding carboxylic acids is 11. The van der Waals surface area contributed by atoms with Crippen LogP contribution in [0.4, 0.5) is 22.7 Å². The molecule has 0 unspecified atom stereocenters. The van der Waals surface area contributed by atoms with E-state index < -0.39 is 70.9 Å². The number of carboxylic acid groups (broad SMARTS) is 1. The van der Waals surface area contributed by atoms with Gasteiger partial charge in [-0.2, -0.15) is 0 Å². The van der Waals surface area contributed by atoms with Crippen LogP contribution in [-0.2, 0) is 38.4 Å². The van der Waals surface area contributed by atoms with Crippen molar-refractivity contribution in [1.29, 1.82) is 0 Å². The van der Waals surface area contributed by atoms with E-state index in [1.165, 1.54) is 98.0 Å². The number of nitrogens with two attached hydrogens (primary N) is 4. The van der Waals surface area contributed by atoms with Crippen molar-refractivity contribution in [2.75, 3.05) is 75.9 Å². The van der Waals surface area contributed by atoms with Crippen molar-refractivity contribution in [3.63, 3.8) is 0 Å². The number of likely N-dealkylation sites (tertiary alicyclic amines) is 3. The van der Waals surface area contributed by atoms with Gasteiger partial charge in [0.15, 0.2) is 0 Å². The average Bonchev–Trinajstić information content (AvgIpc) is 0.806. The van der Waals surface area contributed by atoms with Crippen LogP contribution in [0.15, 0.2) is 122 Å². The molecular formula is C84H90Cl8N16O17. The molecule has 12 rings (SSSR count). The summed E-state index contributed by atoms with van der Waals surface area (Å²) in [4.78, 5) is 164. The number of hydrogen-bond donors (Lipinski definition) is 10. The number of methoxy groups -OCH3 is 4. The van der Waals surface area contributed by atoms with Gasteiger partial charge < -0.3 is 88.3 Å². The summed E-state index contributed by atoms with van der Waals surface area (Å²) < 4.78 is 19.7. The van der Waals surface area contributed by atoms with E-state index in [0.717, 1.165) is 71.1 Å². The lowest BCUT2D eigenvalue weighted by Crippen LogP contribution is -2.46. The first-order valence-electron chi connectivity index (χ1n) is 38.5. The van der Waals surface area contributed by atoms with Gasteiger partial charge in [-0.15, -0.1) is 0 Å². The molecule has 8 heterocycles. The van der Waals surface area contributed by atoms with Crippen molar-refractivity contribution in [2.24, 2.45) is 46.6 Å². The third-order valence-electron chi connectivity index (χ3n) is 20.0. The van der Waals surface area contributed by atoms with Crippen LogP contribution in [-0.4, -0.2) is 165 Å². The Bertz CT molecular complexity index is 4910. The first-order valence-corrected chi connectivity index (χ1v) is 41.5. The topological polar surface area (TPSA) is 487 Å². The molecule has 4 fully saturated rings. The number of benzene rings is 4. The zero-order chi connectivity index (χ0) is 92.0. The number of carboxylic acids is 1. The van der Waals surface area contributed by atoms with Crippen molar-refractivity contribution < 1.29 is 81.6 Å². The highest BCUT2D eigenvalue weighted by atomic mass is 35.5. The Hall–Kier alpha value is -11.4. The summed E-state index contributed by atoms with van der Waals surface area (Å²) in [7, 11) is 5.33. The molecule has 4 aromatic heterocycles. The Morgan fingerprint density at radius 3 is 0.792 bits per heavy atom. The molecule has 8 aromatic rings. The molecule has 4 aromatic carbocycles. The van der Waals surface area contributed by atoms with Crippen LogP contribution >= 0.6 is 92.8 Å². The number of nitrogens with zero attached hydrogens (tertiary/aromatic N) is 7. The van der Waals surface area contributed by atoms with E-state index in [9.17, 15) is 57.5 Å². The molecule has 4 saturated heterocycles. The van der Waals surface area contributed by atoms with Crippen LogP contribution in [0.25, 0.3) is 0 Å². The second kappa shape index (κ2) is 46.0. The van der Waals surface area contributed by atoms with E-state index in [4.69, 9.17) is 140 Å². The average molecular weight is 1880 g/mol. The minimum Gasteiger partial charge on any atom is -0.480 e. The van der Waals surface area contributed by atoms with Crippen molar-refractivity contribution in [1.82, 2.24) is 40.0 Å². The van der Waals surface area contributed by atoms with Gasteiger partial charge in [0.1, 0.15) is 22.3 Å². The Balaban J connectivity index is 0.000000199. The van der Waals surface area contributed by atoms with E-state index in [-0.39, 0.29) is 104 Å². The number of halogens is 8. The molecule has 8 atom stereocenters. The minimum absolute atomic E-state index is 0.00850. The number of hydrogen-bond acceptors (Lipinski definition) is 21. The first-order chi connectivity index (χ1) is 59.2. The Morgan fingerprint density at radius 1 is 0.344 bits per heavy atom. The Labute approximate surface area is 758 Å². The number of nitrogens with one attached hydrogen (secondary N) is 5. The van der Waals surface area contributed by atoms with Crippen LogP contribution in [0.1, 0.15) is 167 Å². The molecule has 0 spiro atoms. The Kier molecular flexibility index (Phi) is 36.4. The lowest BCUT2D eigenvalue weighted by Gasteiger charge is -2.38. The largest absolute Gasteiger partial charge is 0.480 e. The maximum atomic E-state index is 13.1. The Morgan fingerprint density at radius 2 is 0.576 bits per heavy atom. The van der Waals surface area contributed by atoms with E-state index in [0.29, 0.717) is 75.1 Å². The van der Waals surface area contributed by atoms with E-state index >= 15 is 0 Å². The van der Waals surface area contributed by atoms with Gasteiger partial charge in [0.05, 0.1) is 94.1 Å². The van der Waals surface area contributed by atoms with Gasteiger partial charge >= 0.3 is 47.3 Å². The number of piperidine rings is 4. The molecule has 0 saturated carbocycles. The maximum Gasteiger partial charge on any atom is 0.394 e. The van der Waals surface area contributed by atoms with Gasteiger partial charge in [-0.3, -0.25) is 52.7 Å². The molecule has 41 heteroatoms. The zero-order valence-corrected chi connectivity index (χ0v) is 74.6. The van der Waals surface area contributed by atoms with E-state index in [2.05, 4.69) is 48.1 Å². The summed E-state index contributed by atoms with van der Waals surface area (Å²) in [6, 6.07) is 25.6. The van der Waals surface area contributed by atoms with Gasteiger partial charge in [0.25, 0.3) is 23.6 Å². The smallest absolute Gasteiger partial charge is 0.394 e. The lowest BCUT2D eigenvalue weighted by atomic mass is 9.90. The maximum absolute atomic E-state index is 13.1. The van der Waals surface area contributed by atoms with E-state index in [1.54, 1.807) is 60.7 Å². The van der Waals surface area contributed by atoms with Crippen molar-refractivity contribution in [3.05, 3.63) is 207 Å². The fraction of sp³-hybridized carbons (Fsp3) is 0.333. The quantitative estimate of drug-likeness (QED) is 0.0402. The van der Waals surface area contributed by atoms with Crippen molar-refractivity contribution in [3.8, 4) is 23.5 Å². The van der Waals surface area contributed by atoms with Crippen molar-refractivity contribution in [2.45, 2.75) is 103 Å². The van der Waals surface area contributed by atoms with Gasteiger partial charge in [0, 0.05) is 65.9 Å². The summed E-state index contributed by atoms with van der Waals surface area (Å²) in [5.74, 6) is -9.14. The summed E-state index contributed by atoms with van der Waals surface area (Å²) in [5.41, 5.74) is 25.0. The second-order valence-electron chi connectivity index (χ2n) is 29.6. The van der Waals surface area contributed by atoms with Crippen LogP contribution in [0.5, 0.6) is 23.5 Å². The highest BCUT2D eigenvalue weighted by molar-refractivity contribution is 6.42. The number of primary amides is 4. The van der Waals surface area contributed by atoms with Crippen LogP contribution in [0.3, 0.4) is 0 Å². The molecule has 664 valence electrons. The zero-order valence-electron chi connectivity index (χ0n) is 68.6. The summed E-state index contributed by atoms with van der Waals surface area (Å²) in [6.07, 6.45) is 12.1. The molecule has 0 bridgehead atoms. The third-order valence-corrected chi connectivity index (χ3v) is 21.8. The van der Waals surface area contributed by atoms with E-state index in [1.807, 2.05) is 38.2 Å². The van der Waals surface area contributed by atoms with Gasteiger partial charge in [0.2, 0.25) is 23.5 Å². The number of aliphatic carboxylic acids is 1. The molecule has 0 radical (unpaired) electrons. The molecule has 14 N–H and O–H groups in total. The monoisotopic (exact) mass is 1870 g/mol. The molecule has 0 aliphatic carbocycles. The number of pyridine rings is 4. The highest BCUT2D eigenvalue weighted by Crippen LogP contribution is 2.41. The summed E-state index contributed by atoms with van der Waals surface area (Å²) in [6.45, 7) is 10.6. The predicted molar refractivity (Wildman–Crippen MR) is 473 cm³/mol. The molecule has 4 aliphatic rings. The molecule has 4 aliphatic heterocycles. The van der Waals surface area contributed by atoms with Crippen LogP contribution in [0.2, 0.25) is 40.2 Å². The van der Waals surface area contributed by atoms with Crippen LogP contribution in [0, 0.1) is 23.7 Å². The number of ether oxygens (including phenoxy) is 4. The molecule has 33 nitrogen and oxygen atoms in total. The SMILES string of the molecule is COc1ncc(NC(=O)C(=O)N2C[C@@H](C)CC[C@@H]2c2cc(Cl)cc(Cl)c2)cc1C(N)=O.COc1ncc(NC(=O)C(=O)N2C[C@H](C)CC[C@H]2c2cc(Cl)cc(Cl)c2)cc1C(N)=O.COc1ncc(NC(=O)C(=O)N2C[C@H](C)CC[C@H]2c2cc(Cl)cc(Cl)c2)cc1C(N)=O.COc1ncc(NC(=O)C(=O)O)cc1C(N)=O.C[C@@H]1CC[C@@H](c2cc(Cl)cc(Cl)c2)NC1. The van der Waals surface area contributed by atoms with Crippen molar-refractivity contribution >= 4 is 187 Å². The van der Waals surface area contributed by atoms with Gasteiger partial charge in [-0.05, 0) is 201 Å². The lowest BCUT2D eigenvalue weighted by molar-refractivity contribution is -0.147. The number of carbonyl (C=O) groups is 12. The fourth-order valence-electron chi connectivity index (χ4n) is 14.1. The summed E-state index contributed by atoms with van der Waals surface area (Å²) in [5, 5.41) is 25.6. The second-order valence-corrected chi connectivity index (χ2v) is 33.1. The van der Waals surface area contributed by atoms with Crippen LogP contribution < -0.4 is 68.5 Å².